The average Bonchev–Trinajstić information content (AvgIpc) is 2.92. The third-order valence-electron chi connectivity index (χ3n) is 2.77. The number of alkyl carbamates (subject to hydrolysis) is 1. The van der Waals surface area contributed by atoms with Crippen molar-refractivity contribution in [1.82, 2.24) is 20.1 Å². The van der Waals surface area contributed by atoms with Crippen molar-refractivity contribution in [3.8, 4) is 0 Å². The van der Waals surface area contributed by atoms with Gasteiger partial charge in [-0.2, -0.15) is 18.3 Å². The quantitative estimate of drug-likeness (QED) is 0.939. The van der Waals surface area contributed by atoms with Crippen LogP contribution < -0.4 is 5.32 Å². The predicted molar refractivity (Wildman–Crippen MR) is 69.8 cm³/mol. The molecule has 2 heterocycles. The lowest BCUT2D eigenvalue weighted by molar-refractivity contribution is -0.141. The fraction of sp³-hybridized carbons (Fsp3) is 0.308. The maximum atomic E-state index is 12.4. The topological polar surface area (TPSA) is 69.0 Å². The normalized spacial score (nSPS) is 11.3. The predicted octanol–water partition coefficient (Wildman–Crippen LogP) is 2.20. The Labute approximate surface area is 123 Å². The molecule has 22 heavy (non-hydrogen) atoms. The molecule has 0 spiro atoms. The molecule has 0 saturated heterocycles. The van der Waals surface area contributed by atoms with E-state index in [1.165, 1.54) is 13.2 Å². The van der Waals surface area contributed by atoms with Gasteiger partial charge in [0.05, 0.1) is 19.9 Å². The van der Waals surface area contributed by atoms with Gasteiger partial charge in [0.15, 0.2) is 0 Å². The van der Waals surface area contributed by atoms with Crippen molar-refractivity contribution < 1.29 is 22.7 Å². The number of carbonyl (C=O) groups excluding carboxylic acids is 1. The molecule has 1 N–H and O–H groups in total. The summed E-state index contributed by atoms with van der Waals surface area (Å²) in [6.45, 7) is 0.529. The number of alkyl halides is 3. The number of ether oxygens (including phenoxy) is 1. The maximum Gasteiger partial charge on any atom is 0.433 e. The van der Waals surface area contributed by atoms with Crippen molar-refractivity contribution in [2.45, 2.75) is 19.3 Å². The summed E-state index contributed by atoms with van der Waals surface area (Å²) in [5, 5.41) is 6.56. The average molecular weight is 314 g/mol. The van der Waals surface area contributed by atoms with Crippen LogP contribution in [-0.2, 0) is 24.0 Å². The van der Waals surface area contributed by atoms with E-state index < -0.39 is 18.0 Å². The Bertz CT molecular complexity index is 637. The third-order valence-corrected chi connectivity index (χ3v) is 2.77. The number of hydrogen-bond acceptors (Lipinski definition) is 4. The number of rotatable bonds is 4. The number of hydrogen-bond donors (Lipinski definition) is 1. The first kappa shape index (κ1) is 15.8. The van der Waals surface area contributed by atoms with E-state index in [2.05, 4.69) is 20.1 Å². The van der Waals surface area contributed by atoms with Gasteiger partial charge in [-0.05, 0) is 11.6 Å². The summed E-state index contributed by atoms with van der Waals surface area (Å²) >= 11 is 0. The van der Waals surface area contributed by atoms with E-state index in [1.807, 2.05) is 0 Å². The first-order chi connectivity index (χ1) is 10.4. The van der Waals surface area contributed by atoms with Gasteiger partial charge in [0.2, 0.25) is 0 Å². The third kappa shape index (κ3) is 4.21. The van der Waals surface area contributed by atoms with E-state index >= 15 is 0 Å². The highest BCUT2D eigenvalue weighted by molar-refractivity contribution is 5.66. The van der Waals surface area contributed by atoms with E-state index in [0.29, 0.717) is 5.56 Å². The monoisotopic (exact) mass is 314 g/mol. The fourth-order valence-corrected chi connectivity index (χ4v) is 1.70. The smallest absolute Gasteiger partial charge is 0.433 e. The number of pyridine rings is 1. The van der Waals surface area contributed by atoms with Gasteiger partial charge in [0.1, 0.15) is 5.69 Å². The summed E-state index contributed by atoms with van der Waals surface area (Å²) in [6.07, 6.45) is -0.616. The second-order valence-electron chi connectivity index (χ2n) is 4.44. The Morgan fingerprint density at radius 1 is 1.32 bits per heavy atom. The molecule has 1 amide bonds. The number of carbonyl (C=O) groups is 1. The molecule has 0 bridgehead atoms. The zero-order valence-electron chi connectivity index (χ0n) is 11.6. The first-order valence-electron chi connectivity index (χ1n) is 6.24. The molecule has 2 aromatic rings. The molecule has 6 nitrogen and oxygen atoms in total. The molecule has 2 aromatic heterocycles. The molecule has 0 aliphatic heterocycles. The van der Waals surface area contributed by atoms with Crippen molar-refractivity contribution in [2.75, 3.05) is 7.11 Å². The highest BCUT2D eigenvalue weighted by Gasteiger charge is 2.31. The van der Waals surface area contributed by atoms with Gasteiger partial charge < -0.3 is 10.1 Å². The highest BCUT2D eigenvalue weighted by Crippen LogP contribution is 2.27. The summed E-state index contributed by atoms with van der Waals surface area (Å²) in [5.74, 6) is 0. The van der Waals surface area contributed by atoms with Crippen LogP contribution in [0.5, 0.6) is 0 Å². The van der Waals surface area contributed by atoms with Crippen LogP contribution in [0, 0.1) is 0 Å². The number of nitrogens with zero attached hydrogens (tertiary/aromatic N) is 3. The van der Waals surface area contributed by atoms with Crippen LogP contribution >= 0.6 is 0 Å². The minimum atomic E-state index is -4.45. The zero-order valence-corrected chi connectivity index (χ0v) is 11.6. The van der Waals surface area contributed by atoms with Gasteiger partial charge in [-0.15, -0.1) is 0 Å². The van der Waals surface area contributed by atoms with Crippen LogP contribution in [0.25, 0.3) is 0 Å². The lowest BCUT2D eigenvalue weighted by atomic mass is 10.2. The molecule has 0 aliphatic rings. The van der Waals surface area contributed by atoms with Gasteiger partial charge in [0.25, 0.3) is 0 Å². The van der Waals surface area contributed by atoms with Crippen LogP contribution in [0.1, 0.15) is 16.8 Å². The van der Waals surface area contributed by atoms with Crippen molar-refractivity contribution in [1.29, 1.82) is 0 Å². The van der Waals surface area contributed by atoms with Crippen LogP contribution in [-0.4, -0.2) is 28.0 Å². The van der Waals surface area contributed by atoms with Crippen LogP contribution in [0.2, 0.25) is 0 Å². The molecule has 118 valence electrons. The standard InChI is InChI=1S/C13H13F3N4O2/c1-22-12(21)18-5-10-6-19-20(8-10)7-9-2-3-11(17-4-9)13(14,15)16/h2-4,6,8H,5,7H2,1H3,(H,18,21). The second kappa shape index (κ2) is 6.46. The molecular formula is C13H13F3N4O2. The summed E-state index contributed by atoms with van der Waals surface area (Å²) in [6, 6.07) is 2.28. The molecule has 0 aromatic carbocycles. The Morgan fingerprint density at radius 3 is 2.68 bits per heavy atom. The van der Waals surface area contributed by atoms with Crippen LogP contribution in [0.4, 0.5) is 18.0 Å². The number of nitrogens with one attached hydrogen (secondary N) is 1. The zero-order chi connectivity index (χ0) is 16.2. The Hall–Kier alpha value is -2.58. The van der Waals surface area contributed by atoms with E-state index in [0.717, 1.165) is 17.8 Å². The van der Waals surface area contributed by atoms with Crippen molar-refractivity contribution in [3.05, 3.63) is 47.5 Å². The number of amides is 1. The van der Waals surface area contributed by atoms with Crippen molar-refractivity contribution >= 4 is 6.09 Å². The molecular weight excluding hydrogens is 301 g/mol. The molecule has 0 fully saturated rings. The minimum Gasteiger partial charge on any atom is -0.453 e. The van der Waals surface area contributed by atoms with Gasteiger partial charge >= 0.3 is 12.3 Å². The molecule has 0 atom stereocenters. The molecule has 0 unspecified atom stereocenters. The summed E-state index contributed by atoms with van der Waals surface area (Å²) in [5.41, 5.74) is 0.397. The molecule has 2 rings (SSSR count). The summed E-state index contributed by atoms with van der Waals surface area (Å²) < 4.78 is 43.2. The first-order valence-corrected chi connectivity index (χ1v) is 6.24. The SMILES string of the molecule is COC(=O)NCc1cnn(Cc2ccc(C(F)(F)F)nc2)c1. The highest BCUT2D eigenvalue weighted by atomic mass is 19.4. The molecule has 0 saturated carbocycles. The van der Waals surface area contributed by atoms with Gasteiger partial charge in [-0.3, -0.25) is 9.67 Å². The van der Waals surface area contributed by atoms with Crippen molar-refractivity contribution in [3.63, 3.8) is 0 Å². The van der Waals surface area contributed by atoms with E-state index in [4.69, 9.17) is 0 Å². The van der Waals surface area contributed by atoms with Gasteiger partial charge in [0, 0.05) is 24.5 Å². The van der Waals surface area contributed by atoms with Crippen molar-refractivity contribution in [2.24, 2.45) is 0 Å². The number of aromatic nitrogens is 3. The molecule has 9 heteroatoms. The maximum absolute atomic E-state index is 12.4. The lowest BCUT2D eigenvalue weighted by Gasteiger charge is -2.06. The van der Waals surface area contributed by atoms with E-state index in [9.17, 15) is 18.0 Å². The Kier molecular flexibility index (Phi) is 4.64. The number of halogens is 3. The summed E-state index contributed by atoms with van der Waals surface area (Å²) in [7, 11) is 1.26. The minimum absolute atomic E-state index is 0.248. The second-order valence-corrected chi connectivity index (χ2v) is 4.44. The lowest BCUT2D eigenvalue weighted by Crippen LogP contribution is -2.21. The van der Waals surface area contributed by atoms with Gasteiger partial charge in [-0.1, -0.05) is 6.07 Å². The Morgan fingerprint density at radius 2 is 2.09 bits per heavy atom. The van der Waals surface area contributed by atoms with E-state index in [1.54, 1.807) is 17.1 Å². The fourth-order valence-electron chi connectivity index (χ4n) is 1.70. The summed E-state index contributed by atoms with van der Waals surface area (Å²) in [4.78, 5) is 14.3. The molecule has 0 radical (unpaired) electrons. The van der Waals surface area contributed by atoms with E-state index in [-0.39, 0.29) is 13.1 Å². The largest absolute Gasteiger partial charge is 0.453 e. The Balaban J connectivity index is 1.96. The molecule has 0 aliphatic carbocycles. The van der Waals surface area contributed by atoms with Gasteiger partial charge in [-0.25, -0.2) is 4.79 Å². The van der Waals surface area contributed by atoms with Crippen LogP contribution in [0.3, 0.4) is 0 Å². The van der Waals surface area contributed by atoms with Crippen LogP contribution in [0.15, 0.2) is 30.7 Å². The number of methoxy groups -OCH3 is 1.